The van der Waals surface area contributed by atoms with Crippen molar-refractivity contribution in [2.75, 3.05) is 0 Å². The monoisotopic (exact) mass is 877 g/mol. The van der Waals surface area contributed by atoms with E-state index in [2.05, 4.69) is 198 Å². The minimum Gasteiger partial charge on any atom is -0.228 e. The molecule has 67 heavy (non-hydrogen) atoms. The lowest BCUT2D eigenvalue weighted by Gasteiger charge is -2.33. The third-order valence-corrected chi connectivity index (χ3v) is 14.4. The molecule has 0 fully saturated rings. The molecule has 0 radical (unpaired) electrons. The zero-order chi connectivity index (χ0) is 46.0. The molecule has 8 aromatic rings. The average molecular weight is 877 g/mol. The van der Waals surface area contributed by atoms with E-state index in [0.717, 1.165) is 39.5 Å². The molecule has 0 amide bonds. The summed E-state index contributed by atoms with van der Waals surface area (Å²) >= 11 is 0. The molecule has 9 rings (SSSR count). The number of rotatable bonds is 20. The number of hydrogen-bond acceptors (Lipinski definition) is 2. The Balaban J connectivity index is 1.19. The number of fused-ring (bicyclic) bond motifs is 3. The first-order valence-electron chi connectivity index (χ1n) is 25.5. The Morgan fingerprint density at radius 3 is 1.30 bits per heavy atom. The van der Waals surface area contributed by atoms with Crippen molar-refractivity contribution in [1.29, 1.82) is 0 Å². The molecule has 2 nitrogen and oxygen atoms in total. The summed E-state index contributed by atoms with van der Waals surface area (Å²) in [6.07, 6.45) is 18.1. The summed E-state index contributed by atoms with van der Waals surface area (Å²) in [5.41, 5.74) is 20.8. The molecule has 1 aliphatic carbocycles. The smallest absolute Gasteiger partial charge is 0.160 e. The minimum absolute atomic E-state index is 0.00777. The second kappa shape index (κ2) is 21.5. The zero-order valence-corrected chi connectivity index (χ0v) is 40.5. The van der Waals surface area contributed by atoms with Gasteiger partial charge in [0.1, 0.15) is 0 Å². The van der Waals surface area contributed by atoms with Crippen molar-refractivity contribution >= 4 is 0 Å². The van der Waals surface area contributed by atoms with Gasteiger partial charge in [-0.2, -0.15) is 0 Å². The van der Waals surface area contributed by atoms with Gasteiger partial charge in [0.05, 0.1) is 11.4 Å². The summed E-state index contributed by atoms with van der Waals surface area (Å²) in [5.74, 6) is 0.726. The van der Waals surface area contributed by atoms with E-state index in [1.165, 1.54) is 146 Å². The highest BCUT2D eigenvalue weighted by molar-refractivity contribution is 5.87. The van der Waals surface area contributed by atoms with Crippen LogP contribution >= 0.6 is 0 Å². The fourth-order valence-corrected chi connectivity index (χ4v) is 10.6. The quantitative estimate of drug-likeness (QED) is 0.0713. The van der Waals surface area contributed by atoms with Crippen LogP contribution in [0.5, 0.6) is 0 Å². The second-order valence-electron chi connectivity index (χ2n) is 19.4. The summed E-state index contributed by atoms with van der Waals surface area (Å²) < 4.78 is 0. The van der Waals surface area contributed by atoms with Gasteiger partial charge < -0.3 is 0 Å². The summed E-state index contributed by atoms with van der Waals surface area (Å²) in [5, 5.41) is 0. The van der Waals surface area contributed by atoms with Gasteiger partial charge in [0.25, 0.3) is 0 Å². The van der Waals surface area contributed by atoms with Gasteiger partial charge in [-0.3, -0.25) is 0 Å². The maximum absolute atomic E-state index is 5.36. The maximum Gasteiger partial charge on any atom is 0.160 e. The van der Waals surface area contributed by atoms with Gasteiger partial charge in [-0.25, -0.2) is 9.97 Å². The van der Waals surface area contributed by atoms with E-state index in [1.807, 2.05) is 0 Å². The molecule has 0 atom stereocenters. The van der Waals surface area contributed by atoms with E-state index in [9.17, 15) is 0 Å². The van der Waals surface area contributed by atoms with Crippen LogP contribution in [-0.2, 0) is 5.41 Å². The van der Waals surface area contributed by atoms with Gasteiger partial charge in [-0.15, -0.1) is 0 Å². The Bertz CT molecular complexity index is 2800. The third-order valence-electron chi connectivity index (χ3n) is 14.4. The molecule has 0 unspecified atom stereocenters. The molecule has 338 valence electrons. The van der Waals surface area contributed by atoms with E-state index < -0.39 is 0 Å². The van der Waals surface area contributed by atoms with Crippen molar-refractivity contribution in [3.8, 4) is 78.4 Å². The van der Waals surface area contributed by atoms with Crippen LogP contribution in [0, 0.1) is 13.8 Å². The molecule has 0 saturated carbocycles. The number of nitrogens with zero attached hydrogens (tertiary/aromatic N) is 2. The molecular weight excluding hydrogens is 809 g/mol. The van der Waals surface area contributed by atoms with Gasteiger partial charge in [0.2, 0.25) is 0 Å². The van der Waals surface area contributed by atoms with Crippen LogP contribution in [0.1, 0.15) is 126 Å². The normalized spacial score (nSPS) is 12.5. The molecule has 1 aromatic heterocycles. The average Bonchev–Trinajstić information content (AvgIpc) is 3.64. The van der Waals surface area contributed by atoms with Crippen LogP contribution in [0.25, 0.3) is 78.4 Å². The SMILES string of the molecule is CCCCCCCCC1(CCCCCCCC)c2cc(C)ccc2-c2ccc(-c3cc(-c4ccc(-c5ccc(C)cc5)cc4)cc(-c4nc(-c5ccccc5)cc(-c5ccccc5)n4)c3)cc21. The van der Waals surface area contributed by atoms with E-state index in [4.69, 9.17) is 9.97 Å². The van der Waals surface area contributed by atoms with E-state index >= 15 is 0 Å². The lowest BCUT2D eigenvalue weighted by molar-refractivity contribution is 0.398. The highest BCUT2D eigenvalue weighted by atomic mass is 14.9. The molecule has 0 saturated heterocycles. The van der Waals surface area contributed by atoms with Gasteiger partial charge in [0.15, 0.2) is 5.82 Å². The largest absolute Gasteiger partial charge is 0.228 e. The summed E-state index contributed by atoms with van der Waals surface area (Å²) in [6.45, 7) is 9.07. The first kappa shape index (κ1) is 45.8. The molecular formula is C65H68N2. The molecule has 1 heterocycles. The van der Waals surface area contributed by atoms with Crippen molar-refractivity contribution in [3.05, 3.63) is 192 Å². The van der Waals surface area contributed by atoms with E-state index in [-0.39, 0.29) is 5.41 Å². The number of aryl methyl sites for hydroxylation is 2. The molecule has 0 bridgehead atoms. The first-order valence-corrected chi connectivity index (χ1v) is 25.5. The fraction of sp³-hybridized carbons (Fsp3) is 0.292. The predicted molar refractivity (Wildman–Crippen MR) is 286 cm³/mol. The number of benzene rings is 7. The predicted octanol–water partition coefficient (Wildman–Crippen LogP) is 18.9. The van der Waals surface area contributed by atoms with Gasteiger partial charge in [-0.1, -0.05) is 242 Å². The molecule has 0 N–H and O–H groups in total. The Kier molecular flexibility index (Phi) is 14.7. The van der Waals surface area contributed by atoms with Crippen LogP contribution in [0.3, 0.4) is 0 Å². The Morgan fingerprint density at radius 1 is 0.328 bits per heavy atom. The molecule has 0 aliphatic heterocycles. The highest BCUT2D eigenvalue weighted by Gasteiger charge is 2.42. The van der Waals surface area contributed by atoms with Crippen molar-refractivity contribution in [2.45, 2.75) is 123 Å². The van der Waals surface area contributed by atoms with Crippen molar-refractivity contribution in [3.63, 3.8) is 0 Å². The minimum atomic E-state index is -0.00777. The fourth-order valence-electron chi connectivity index (χ4n) is 10.6. The van der Waals surface area contributed by atoms with Crippen LogP contribution in [-0.4, -0.2) is 9.97 Å². The number of aromatic nitrogens is 2. The third kappa shape index (κ3) is 10.5. The Labute approximate surface area is 401 Å². The van der Waals surface area contributed by atoms with Gasteiger partial charge in [-0.05, 0) is 113 Å². The Hall–Kier alpha value is -6.38. The topological polar surface area (TPSA) is 25.8 Å². The van der Waals surface area contributed by atoms with Crippen LogP contribution in [0.2, 0.25) is 0 Å². The van der Waals surface area contributed by atoms with Crippen LogP contribution < -0.4 is 0 Å². The lowest BCUT2D eigenvalue weighted by Crippen LogP contribution is -2.25. The van der Waals surface area contributed by atoms with Crippen molar-refractivity contribution < 1.29 is 0 Å². The van der Waals surface area contributed by atoms with Crippen molar-refractivity contribution in [1.82, 2.24) is 9.97 Å². The van der Waals surface area contributed by atoms with Crippen LogP contribution in [0.15, 0.2) is 170 Å². The van der Waals surface area contributed by atoms with Crippen molar-refractivity contribution in [2.24, 2.45) is 0 Å². The van der Waals surface area contributed by atoms with E-state index in [1.54, 1.807) is 5.56 Å². The summed E-state index contributed by atoms with van der Waals surface area (Å²) in [7, 11) is 0. The molecule has 2 heteroatoms. The number of hydrogen-bond donors (Lipinski definition) is 0. The van der Waals surface area contributed by atoms with E-state index in [0.29, 0.717) is 0 Å². The highest BCUT2D eigenvalue weighted by Crippen LogP contribution is 2.55. The summed E-state index contributed by atoms with van der Waals surface area (Å²) in [4.78, 5) is 10.7. The first-order chi connectivity index (χ1) is 32.9. The standard InChI is InChI=1S/C65H68N2/c1-5-7-9-11-13-21-39-65(40-22-14-12-10-8-6-2)60-41-48(4)29-37-58(60)59-38-36-54(45-61(59)65)56-42-55(51-34-32-50(33-35-51)49-30-27-47(3)28-31-49)43-57(44-56)64-66-62(52-23-17-15-18-24-52)46-63(67-64)53-25-19-16-20-26-53/h15-20,23-38,41-46H,5-14,21-22,39-40H2,1-4H3. The lowest BCUT2D eigenvalue weighted by atomic mass is 9.70. The maximum atomic E-state index is 5.36. The molecule has 1 aliphatic rings. The molecule has 0 spiro atoms. The van der Waals surface area contributed by atoms with Gasteiger partial charge >= 0.3 is 0 Å². The van der Waals surface area contributed by atoms with Crippen LogP contribution in [0.4, 0.5) is 0 Å². The van der Waals surface area contributed by atoms with Gasteiger partial charge in [0, 0.05) is 22.1 Å². The summed E-state index contributed by atoms with van der Waals surface area (Å²) in [6, 6.07) is 62.9. The number of unbranched alkanes of at least 4 members (excludes halogenated alkanes) is 10. The molecule has 7 aromatic carbocycles. The Morgan fingerprint density at radius 2 is 0.746 bits per heavy atom. The second-order valence-corrected chi connectivity index (χ2v) is 19.4. The zero-order valence-electron chi connectivity index (χ0n) is 40.5.